The minimum Gasteiger partial charge on any atom is -0.343 e. The largest absolute Gasteiger partial charge is 0.417 e. The molecule has 2 aromatic rings. The smallest absolute Gasteiger partial charge is 0.343 e. The molecule has 1 fully saturated rings. The number of carbonyl (C=O) groups excluding carboxylic acids is 4. The van der Waals surface area contributed by atoms with E-state index in [2.05, 4.69) is 26.3 Å². The molecular formula is C29H36ClF3N6O4. The highest BCUT2D eigenvalue weighted by Gasteiger charge is 2.33. The predicted molar refractivity (Wildman–Crippen MR) is 158 cm³/mol. The fraction of sp³-hybridized carbons (Fsp3) is 0.483. The van der Waals surface area contributed by atoms with Crippen LogP contribution in [0.4, 0.5) is 35.2 Å². The van der Waals surface area contributed by atoms with Gasteiger partial charge in [0.1, 0.15) is 17.6 Å². The summed E-state index contributed by atoms with van der Waals surface area (Å²) in [4.78, 5) is 56.1. The van der Waals surface area contributed by atoms with Crippen LogP contribution in [0.2, 0.25) is 5.02 Å². The molecule has 10 nitrogen and oxygen atoms in total. The van der Waals surface area contributed by atoms with Crippen LogP contribution >= 0.6 is 11.6 Å². The number of rotatable bonds is 12. The highest BCUT2D eigenvalue weighted by atomic mass is 35.5. The Morgan fingerprint density at radius 3 is 2.42 bits per heavy atom. The molecule has 43 heavy (non-hydrogen) atoms. The Hall–Kier alpha value is -3.71. The van der Waals surface area contributed by atoms with Gasteiger partial charge < -0.3 is 26.1 Å². The van der Waals surface area contributed by atoms with Crippen LogP contribution in [0.5, 0.6) is 0 Å². The molecule has 0 radical (unpaired) electrons. The third-order valence-corrected chi connectivity index (χ3v) is 7.36. The van der Waals surface area contributed by atoms with E-state index < -0.39 is 34.7 Å². The number of hydrogen-bond acceptors (Lipinski definition) is 6. The number of pyridine rings is 1. The number of benzene rings is 1. The number of hydrogen-bond donors (Lipinski definition) is 4. The Kier molecular flexibility index (Phi) is 12.3. The van der Waals surface area contributed by atoms with E-state index in [-0.39, 0.29) is 34.9 Å². The average molecular weight is 625 g/mol. The first-order valence-corrected chi connectivity index (χ1v) is 14.4. The number of nitrogens with one attached hydrogen (secondary N) is 4. The van der Waals surface area contributed by atoms with E-state index in [0.717, 1.165) is 31.5 Å². The SMILES string of the molecule is CC(=O)CCCCC[C@H](NC(=O)C1CCCCN1C)C(=O)Nc1cc(NC(=O)Nc2ccc(Cl)c(C(F)(F)F)c2)ccn1. The molecule has 14 heteroatoms. The molecule has 0 bridgehead atoms. The van der Waals surface area contributed by atoms with Gasteiger partial charge in [-0.15, -0.1) is 0 Å². The number of ketones is 1. The maximum absolute atomic E-state index is 13.3. The normalized spacial score (nSPS) is 16.2. The second kappa shape index (κ2) is 15.7. The minimum atomic E-state index is -4.69. The van der Waals surface area contributed by atoms with Gasteiger partial charge in [-0.3, -0.25) is 14.5 Å². The van der Waals surface area contributed by atoms with Crippen LogP contribution in [0.1, 0.15) is 63.9 Å². The van der Waals surface area contributed by atoms with Crippen molar-refractivity contribution < 1.29 is 32.3 Å². The van der Waals surface area contributed by atoms with E-state index in [0.29, 0.717) is 38.5 Å². The fourth-order valence-corrected chi connectivity index (χ4v) is 4.97. The molecule has 4 N–H and O–H groups in total. The molecule has 3 rings (SSSR count). The standard InChI is InChI=1S/C29H36ClF3N6O4/c1-18(40)8-4-3-5-9-23(37-27(42)24-10-6-7-15-39(24)2)26(41)38-25-17-20(13-14-34-25)36-28(43)35-19-11-12-22(30)21(16-19)29(31,32)33/h11-14,16-17,23-24H,3-10,15H2,1-2H3,(H,37,42)(H3,34,35,36,38,41,43)/t23-,24?/m0/s1. The van der Waals surface area contributed by atoms with Gasteiger partial charge in [-0.1, -0.05) is 30.9 Å². The zero-order chi connectivity index (χ0) is 31.6. The minimum absolute atomic E-state index is 0.0930. The Morgan fingerprint density at radius 1 is 1.02 bits per heavy atom. The van der Waals surface area contributed by atoms with Gasteiger partial charge in [0, 0.05) is 30.1 Å². The highest BCUT2D eigenvalue weighted by molar-refractivity contribution is 6.31. The highest BCUT2D eigenvalue weighted by Crippen LogP contribution is 2.36. The molecule has 2 atom stereocenters. The van der Waals surface area contributed by atoms with E-state index in [4.69, 9.17) is 11.6 Å². The van der Waals surface area contributed by atoms with Crippen molar-refractivity contribution >= 4 is 52.4 Å². The lowest BCUT2D eigenvalue weighted by Gasteiger charge is -2.32. The molecule has 0 saturated carbocycles. The number of unbranched alkanes of at least 4 members (excludes halogenated alkanes) is 2. The summed E-state index contributed by atoms with van der Waals surface area (Å²) in [6.45, 7) is 2.32. The molecule has 1 aromatic carbocycles. The molecule has 0 aliphatic carbocycles. The quantitative estimate of drug-likeness (QED) is 0.219. The van der Waals surface area contributed by atoms with Gasteiger partial charge in [-0.05, 0) is 70.5 Å². The van der Waals surface area contributed by atoms with Crippen molar-refractivity contribution in [1.29, 1.82) is 0 Å². The van der Waals surface area contributed by atoms with Gasteiger partial charge in [-0.25, -0.2) is 9.78 Å². The van der Waals surface area contributed by atoms with E-state index in [1.165, 1.54) is 31.3 Å². The Morgan fingerprint density at radius 2 is 1.74 bits per heavy atom. The fourth-order valence-electron chi connectivity index (χ4n) is 4.75. The van der Waals surface area contributed by atoms with Crippen molar-refractivity contribution in [1.82, 2.24) is 15.2 Å². The molecule has 1 saturated heterocycles. The van der Waals surface area contributed by atoms with E-state index in [1.54, 1.807) is 0 Å². The third-order valence-electron chi connectivity index (χ3n) is 7.03. The number of urea groups is 1. The van der Waals surface area contributed by atoms with Gasteiger partial charge in [0.25, 0.3) is 0 Å². The van der Waals surface area contributed by atoms with Crippen LogP contribution < -0.4 is 21.3 Å². The topological polar surface area (TPSA) is 133 Å². The van der Waals surface area contributed by atoms with E-state index >= 15 is 0 Å². The monoisotopic (exact) mass is 624 g/mol. The van der Waals surface area contributed by atoms with Crippen LogP contribution in [-0.2, 0) is 20.6 Å². The molecule has 4 amide bonds. The zero-order valence-corrected chi connectivity index (χ0v) is 24.8. The molecular weight excluding hydrogens is 589 g/mol. The van der Waals surface area contributed by atoms with Crippen LogP contribution in [0.25, 0.3) is 0 Å². The molecule has 0 spiro atoms. The number of likely N-dealkylation sites (N-methyl/N-ethyl adjacent to an activating group) is 1. The first-order valence-electron chi connectivity index (χ1n) is 14.0. The van der Waals surface area contributed by atoms with Crippen LogP contribution in [0, 0.1) is 0 Å². The van der Waals surface area contributed by atoms with Gasteiger partial charge in [0.2, 0.25) is 11.8 Å². The molecule has 2 heterocycles. The number of anilines is 3. The number of Topliss-reactive ketones (excluding diaryl/α,β-unsaturated/α-hetero) is 1. The number of nitrogens with zero attached hydrogens (tertiary/aromatic N) is 2. The molecule has 1 unspecified atom stereocenters. The maximum Gasteiger partial charge on any atom is 0.417 e. The summed E-state index contributed by atoms with van der Waals surface area (Å²) in [5.74, 6) is -0.537. The number of halogens is 4. The average Bonchev–Trinajstić information content (AvgIpc) is 2.92. The van der Waals surface area contributed by atoms with Crippen molar-refractivity contribution in [2.75, 3.05) is 29.5 Å². The first-order chi connectivity index (χ1) is 20.3. The molecule has 234 valence electrons. The Balaban J connectivity index is 1.64. The number of piperidine rings is 1. The number of aromatic nitrogens is 1. The molecule has 1 aliphatic rings. The number of likely N-dealkylation sites (tertiary alicyclic amines) is 1. The van der Waals surface area contributed by atoms with Crippen LogP contribution in [0.3, 0.4) is 0 Å². The summed E-state index contributed by atoms with van der Waals surface area (Å²) >= 11 is 5.63. The number of carbonyl (C=O) groups is 4. The third kappa shape index (κ3) is 10.8. The lowest BCUT2D eigenvalue weighted by atomic mass is 10.0. The summed E-state index contributed by atoms with van der Waals surface area (Å²) in [5.41, 5.74) is -1.000. The van der Waals surface area contributed by atoms with E-state index in [1.807, 2.05) is 11.9 Å². The van der Waals surface area contributed by atoms with Crippen molar-refractivity contribution in [3.05, 3.63) is 47.1 Å². The van der Waals surface area contributed by atoms with Crippen molar-refractivity contribution in [2.24, 2.45) is 0 Å². The summed E-state index contributed by atoms with van der Waals surface area (Å²) < 4.78 is 39.4. The van der Waals surface area contributed by atoms with Crippen molar-refractivity contribution in [2.45, 2.75) is 76.6 Å². The van der Waals surface area contributed by atoms with Crippen molar-refractivity contribution in [3.63, 3.8) is 0 Å². The Bertz CT molecular complexity index is 1310. The summed E-state index contributed by atoms with van der Waals surface area (Å²) in [6, 6.07) is 3.78. The van der Waals surface area contributed by atoms with Crippen LogP contribution in [0.15, 0.2) is 36.5 Å². The molecule has 1 aromatic heterocycles. The lowest BCUT2D eigenvalue weighted by Crippen LogP contribution is -2.53. The van der Waals surface area contributed by atoms with Gasteiger partial charge in [-0.2, -0.15) is 13.2 Å². The second-order valence-electron chi connectivity index (χ2n) is 10.5. The first kappa shape index (κ1) is 33.8. The van der Waals surface area contributed by atoms with Gasteiger partial charge >= 0.3 is 12.2 Å². The number of amides is 4. The van der Waals surface area contributed by atoms with Gasteiger partial charge in [0.05, 0.1) is 16.6 Å². The summed E-state index contributed by atoms with van der Waals surface area (Å²) in [6.07, 6.45) is 2.08. The number of alkyl halides is 3. The van der Waals surface area contributed by atoms with Crippen molar-refractivity contribution in [3.8, 4) is 0 Å². The summed E-state index contributed by atoms with van der Waals surface area (Å²) in [7, 11) is 1.88. The zero-order valence-electron chi connectivity index (χ0n) is 24.0. The predicted octanol–water partition coefficient (Wildman–Crippen LogP) is 5.84. The second-order valence-corrected chi connectivity index (χ2v) is 11.0. The van der Waals surface area contributed by atoms with Crippen LogP contribution in [-0.4, -0.2) is 59.2 Å². The maximum atomic E-state index is 13.3. The van der Waals surface area contributed by atoms with E-state index in [9.17, 15) is 32.3 Å². The lowest BCUT2D eigenvalue weighted by molar-refractivity contribution is -0.137. The Labute approximate surface area is 253 Å². The molecule has 1 aliphatic heterocycles. The summed E-state index contributed by atoms with van der Waals surface area (Å²) in [5, 5.41) is 9.85. The van der Waals surface area contributed by atoms with Gasteiger partial charge in [0.15, 0.2) is 0 Å².